The van der Waals surface area contributed by atoms with Crippen molar-refractivity contribution in [2.75, 3.05) is 20.8 Å². The first kappa shape index (κ1) is 27.5. The Morgan fingerprint density at radius 1 is 1.05 bits per heavy atom. The molecule has 5 rings (SSSR count). The number of hydrogen-bond donors (Lipinski definition) is 0. The van der Waals surface area contributed by atoms with Gasteiger partial charge in [0.25, 0.3) is 5.88 Å². The van der Waals surface area contributed by atoms with Crippen LogP contribution in [0, 0.1) is 23.0 Å². The molecule has 0 aliphatic carbocycles. The topological polar surface area (TPSA) is 112 Å². The monoisotopic (exact) mass is 558 g/mol. The SMILES string of the molecule is COCCn1c(Cc2ccc(-c3conc3OCc3ccc(C#N)cc3F)cc2F)nc2ccc(C(=O)OC)cc21. The van der Waals surface area contributed by atoms with Crippen LogP contribution < -0.4 is 4.74 Å². The van der Waals surface area contributed by atoms with Crippen LogP contribution in [0.2, 0.25) is 0 Å². The van der Waals surface area contributed by atoms with E-state index in [4.69, 9.17) is 24.0 Å². The number of carbonyl (C=O) groups is 1. The molecule has 11 heteroatoms. The first-order chi connectivity index (χ1) is 19.9. The highest BCUT2D eigenvalue weighted by atomic mass is 19.1. The summed E-state index contributed by atoms with van der Waals surface area (Å²) in [6, 6.07) is 15.7. The first-order valence-corrected chi connectivity index (χ1v) is 12.5. The first-order valence-electron chi connectivity index (χ1n) is 12.5. The van der Waals surface area contributed by atoms with Gasteiger partial charge in [-0.05, 0) is 52.7 Å². The van der Waals surface area contributed by atoms with Crippen molar-refractivity contribution < 1.29 is 32.3 Å². The van der Waals surface area contributed by atoms with Crippen LogP contribution in [-0.2, 0) is 29.0 Å². The standard InChI is InChI=1S/C30H24F2N4O5/c1-38-10-9-36-27-13-21(30(37)39-2)7-8-26(27)34-28(36)14-20-6-5-19(12-25(20)32)23-17-41-35-29(23)40-16-22-4-3-18(15-33)11-24(22)31/h3-8,11-13,17H,9-10,14,16H2,1-2H3. The van der Waals surface area contributed by atoms with Crippen LogP contribution in [0.1, 0.15) is 32.9 Å². The van der Waals surface area contributed by atoms with Crippen LogP contribution in [0.4, 0.5) is 8.78 Å². The predicted octanol–water partition coefficient (Wildman–Crippen LogP) is 5.44. The molecule has 0 aliphatic rings. The Hall–Kier alpha value is -5.08. The van der Waals surface area contributed by atoms with Crippen LogP contribution in [-0.4, -0.2) is 41.5 Å². The van der Waals surface area contributed by atoms with Gasteiger partial charge in [0.2, 0.25) is 0 Å². The largest absolute Gasteiger partial charge is 0.470 e. The lowest BCUT2D eigenvalue weighted by molar-refractivity contribution is 0.0601. The molecule has 0 bridgehead atoms. The quantitative estimate of drug-likeness (QED) is 0.208. The van der Waals surface area contributed by atoms with E-state index in [1.165, 1.54) is 31.6 Å². The Labute approximate surface area is 233 Å². The van der Waals surface area contributed by atoms with Gasteiger partial charge >= 0.3 is 5.97 Å². The molecule has 2 heterocycles. The van der Waals surface area contributed by atoms with Crippen molar-refractivity contribution in [2.45, 2.75) is 19.6 Å². The van der Waals surface area contributed by atoms with Crippen molar-refractivity contribution in [3.8, 4) is 23.1 Å². The molecule has 208 valence electrons. The number of imidazole rings is 1. The highest BCUT2D eigenvalue weighted by molar-refractivity contribution is 5.93. The summed E-state index contributed by atoms with van der Waals surface area (Å²) < 4.78 is 52.3. The maximum absolute atomic E-state index is 15.4. The molecule has 0 unspecified atom stereocenters. The number of rotatable bonds is 10. The van der Waals surface area contributed by atoms with Crippen molar-refractivity contribution >= 4 is 17.0 Å². The molecule has 9 nitrogen and oxygen atoms in total. The van der Waals surface area contributed by atoms with Crippen molar-refractivity contribution in [2.24, 2.45) is 0 Å². The van der Waals surface area contributed by atoms with E-state index < -0.39 is 17.6 Å². The second-order valence-electron chi connectivity index (χ2n) is 9.09. The molecule has 0 amide bonds. The molecule has 3 aromatic carbocycles. The van der Waals surface area contributed by atoms with Gasteiger partial charge in [-0.1, -0.05) is 18.2 Å². The number of halogens is 2. The Balaban J connectivity index is 1.39. The summed E-state index contributed by atoms with van der Waals surface area (Å²) >= 11 is 0. The molecule has 0 spiro atoms. The Kier molecular flexibility index (Phi) is 8.03. The normalized spacial score (nSPS) is 11.0. The summed E-state index contributed by atoms with van der Waals surface area (Å²) in [6.45, 7) is 0.686. The summed E-state index contributed by atoms with van der Waals surface area (Å²) in [5, 5.41) is 12.7. The van der Waals surface area contributed by atoms with Crippen molar-refractivity contribution in [1.82, 2.24) is 14.7 Å². The highest BCUT2D eigenvalue weighted by Crippen LogP contribution is 2.31. The molecule has 5 aromatic rings. The Morgan fingerprint density at radius 2 is 1.85 bits per heavy atom. The smallest absolute Gasteiger partial charge is 0.337 e. The van der Waals surface area contributed by atoms with Crippen molar-refractivity contribution in [3.05, 3.63) is 101 Å². The molecule has 41 heavy (non-hydrogen) atoms. The van der Waals surface area contributed by atoms with Crippen LogP contribution in [0.15, 0.2) is 65.4 Å². The summed E-state index contributed by atoms with van der Waals surface area (Å²) in [6.07, 6.45) is 1.50. The molecule has 0 radical (unpaired) electrons. The van der Waals surface area contributed by atoms with Gasteiger partial charge in [-0.2, -0.15) is 5.26 Å². The maximum Gasteiger partial charge on any atom is 0.337 e. The zero-order valence-corrected chi connectivity index (χ0v) is 22.2. The average Bonchev–Trinajstić information content (AvgIpc) is 3.59. The van der Waals surface area contributed by atoms with Crippen molar-refractivity contribution in [1.29, 1.82) is 5.26 Å². The molecule has 0 fully saturated rings. The number of aromatic nitrogens is 3. The van der Waals surface area contributed by atoms with Gasteiger partial charge in [-0.3, -0.25) is 0 Å². The van der Waals surface area contributed by atoms with Gasteiger partial charge in [0, 0.05) is 25.6 Å². The van der Waals surface area contributed by atoms with E-state index in [9.17, 15) is 9.18 Å². The third-order valence-electron chi connectivity index (χ3n) is 6.56. The molecule has 0 aliphatic heterocycles. The molecular weight excluding hydrogens is 534 g/mol. The Bertz CT molecular complexity index is 1770. The maximum atomic E-state index is 15.4. The zero-order chi connectivity index (χ0) is 28.9. The lowest BCUT2D eigenvalue weighted by atomic mass is 10.0. The molecule has 0 atom stereocenters. The van der Waals surface area contributed by atoms with Gasteiger partial charge in [-0.25, -0.2) is 18.6 Å². The van der Waals surface area contributed by atoms with Gasteiger partial charge in [0.1, 0.15) is 30.3 Å². The van der Waals surface area contributed by atoms with E-state index >= 15 is 4.39 Å². The summed E-state index contributed by atoms with van der Waals surface area (Å²) in [5.41, 5.74) is 3.43. The van der Waals surface area contributed by atoms with E-state index in [1.807, 2.05) is 10.6 Å². The lowest BCUT2D eigenvalue weighted by Gasteiger charge is -2.11. The molecule has 0 saturated heterocycles. The van der Waals surface area contributed by atoms with Crippen molar-refractivity contribution in [3.63, 3.8) is 0 Å². The number of fused-ring (bicyclic) bond motifs is 1. The van der Waals surface area contributed by atoms with Gasteiger partial charge < -0.3 is 23.3 Å². The van der Waals surface area contributed by atoms with E-state index in [2.05, 4.69) is 10.1 Å². The molecular formula is C30H24F2N4O5. The highest BCUT2D eigenvalue weighted by Gasteiger charge is 2.18. The molecule has 2 aromatic heterocycles. The lowest BCUT2D eigenvalue weighted by Crippen LogP contribution is -2.10. The average molecular weight is 559 g/mol. The van der Waals surface area contributed by atoms with E-state index in [0.29, 0.717) is 52.3 Å². The number of nitriles is 1. The summed E-state index contributed by atoms with van der Waals surface area (Å²) in [4.78, 5) is 16.7. The number of hydrogen-bond acceptors (Lipinski definition) is 8. The molecule has 0 N–H and O–H groups in total. The third kappa shape index (κ3) is 5.78. The van der Waals surface area contributed by atoms with Gasteiger partial charge in [0.05, 0.1) is 47.5 Å². The van der Waals surface area contributed by atoms with E-state index in [-0.39, 0.29) is 30.0 Å². The number of methoxy groups -OCH3 is 2. The fourth-order valence-electron chi connectivity index (χ4n) is 4.42. The predicted molar refractivity (Wildman–Crippen MR) is 143 cm³/mol. The second-order valence-corrected chi connectivity index (χ2v) is 9.09. The Morgan fingerprint density at radius 3 is 2.59 bits per heavy atom. The van der Waals surface area contributed by atoms with Gasteiger partial charge in [-0.15, -0.1) is 0 Å². The number of nitrogens with zero attached hydrogens (tertiary/aromatic N) is 4. The molecule has 0 saturated carbocycles. The van der Waals surface area contributed by atoms with Gasteiger partial charge in [0.15, 0.2) is 0 Å². The number of carbonyl (C=O) groups excluding carboxylic acids is 1. The summed E-state index contributed by atoms with van der Waals surface area (Å²) in [5.74, 6) is -0.850. The van der Waals surface area contributed by atoms with E-state index in [0.717, 1.165) is 6.07 Å². The van der Waals surface area contributed by atoms with Crippen LogP contribution in [0.5, 0.6) is 5.88 Å². The third-order valence-corrected chi connectivity index (χ3v) is 6.56. The summed E-state index contributed by atoms with van der Waals surface area (Å²) in [7, 11) is 2.90. The van der Waals surface area contributed by atoms with Crippen LogP contribution in [0.25, 0.3) is 22.2 Å². The second kappa shape index (κ2) is 12.0. The van der Waals surface area contributed by atoms with Crippen LogP contribution >= 0.6 is 0 Å². The fourth-order valence-corrected chi connectivity index (χ4v) is 4.42. The van der Waals surface area contributed by atoms with E-state index in [1.54, 1.807) is 37.4 Å². The minimum absolute atomic E-state index is 0.0729. The number of esters is 1. The van der Waals surface area contributed by atoms with Crippen LogP contribution in [0.3, 0.4) is 0 Å². The number of ether oxygens (including phenoxy) is 3. The fraction of sp³-hybridized carbons (Fsp3) is 0.200. The zero-order valence-electron chi connectivity index (χ0n) is 22.2. The number of benzene rings is 3. The minimum atomic E-state index is -0.581. The minimum Gasteiger partial charge on any atom is -0.470 e.